The van der Waals surface area contributed by atoms with Crippen molar-refractivity contribution in [2.24, 2.45) is 9.98 Å². The number of carbonyl (C=O) groups is 6. The summed E-state index contributed by atoms with van der Waals surface area (Å²) < 4.78 is 39.3. The molecule has 0 spiro atoms. The summed E-state index contributed by atoms with van der Waals surface area (Å²) in [5, 5.41) is 17.0. The SMILES string of the molecule is CC(C)(C)OC(=O)N=C(NCCCCCCCN(C(=O)OC(C)(C)C)C(=NC(=O)OC(C)(C)C)N(CCCc1cc2cc(C(=N)NC(=O)OC(C)(C)C)ccc2o1)C(=O)OC(C)(C)C)NC(=O)OC(C)(C)C. The fourth-order valence-electron chi connectivity index (χ4n) is 6.10. The minimum Gasteiger partial charge on any atom is -0.461 e. The number of amides is 6. The lowest BCUT2D eigenvalue weighted by atomic mass is 10.1. The number of guanidine groups is 2. The van der Waals surface area contributed by atoms with Crippen LogP contribution >= 0.6 is 0 Å². The van der Waals surface area contributed by atoms with Gasteiger partial charge in [-0.2, -0.15) is 0 Å². The third-order valence-electron chi connectivity index (χ3n) is 8.65. The molecule has 0 aliphatic rings. The third kappa shape index (κ3) is 26.2. The van der Waals surface area contributed by atoms with Crippen LogP contribution in [0.15, 0.2) is 38.7 Å². The fraction of sp³-hybridized carbons (Fsp3) is 0.667. The quantitative estimate of drug-likeness (QED) is 0.0629. The van der Waals surface area contributed by atoms with E-state index in [4.69, 9.17) is 38.2 Å². The molecule has 2 rings (SSSR count). The van der Waals surface area contributed by atoms with Gasteiger partial charge in [-0.3, -0.25) is 16.0 Å². The second-order valence-corrected chi connectivity index (χ2v) is 23.0. The molecular weight excluding hydrogens is 933 g/mol. The van der Waals surface area contributed by atoms with Crippen LogP contribution in [-0.4, -0.2) is 117 Å². The Labute approximate surface area is 425 Å². The van der Waals surface area contributed by atoms with E-state index in [1.165, 1.54) is 0 Å². The fourth-order valence-corrected chi connectivity index (χ4v) is 6.10. The lowest BCUT2D eigenvalue weighted by Gasteiger charge is -2.34. The normalized spacial score (nSPS) is 12.9. The van der Waals surface area contributed by atoms with Gasteiger partial charge in [0.2, 0.25) is 11.9 Å². The molecular formula is C51H82N8O13. The van der Waals surface area contributed by atoms with Crippen LogP contribution in [0.25, 0.3) is 11.0 Å². The predicted molar refractivity (Wildman–Crippen MR) is 274 cm³/mol. The Hall–Kier alpha value is -6.41. The van der Waals surface area contributed by atoms with E-state index in [1.54, 1.807) is 149 Å². The van der Waals surface area contributed by atoms with Gasteiger partial charge in [0.05, 0.1) is 0 Å². The number of hydrogen-bond donors (Lipinski definition) is 4. The summed E-state index contributed by atoms with van der Waals surface area (Å²) in [6.45, 7) is 30.7. The smallest absolute Gasteiger partial charge is 0.437 e. The van der Waals surface area contributed by atoms with Gasteiger partial charge >= 0.3 is 36.6 Å². The van der Waals surface area contributed by atoms with Gasteiger partial charge in [0.15, 0.2) is 0 Å². The minimum absolute atomic E-state index is 0.0235. The summed E-state index contributed by atoms with van der Waals surface area (Å²) in [7, 11) is 0. The number of aryl methyl sites for hydroxylation is 1. The van der Waals surface area contributed by atoms with Crippen molar-refractivity contribution >= 4 is 65.3 Å². The molecule has 404 valence electrons. The zero-order valence-electron chi connectivity index (χ0n) is 46.0. The minimum atomic E-state index is -1.05. The third-order valence-corrected chi connectivity index (χ3v) is 8.65. The molecule has 0 radical (unpaired) electrons. The van der Waals surface area contributed by atoms with Crippen molar-refractivity contribution in [2.45, 2.75) is 203 Å². The summed E-state index contributed by atoms with van der Waals surface area (Å²) in [5.41, 5.74) is -4.35. The first-order valence-electron chi connectivity index (χ1n) is 24.3. The molecule has 0 fully saturated rings. The Morgan fingerprint density at radius 1 is 0.542 bits per heavy atom. The van der Waals surface area contributed by atoms with Crippen LogP contribution in [0.3, 0.4) is 0 Å². The number of rotatable bonds is 13. The largest absolute Gasteiger partial charge is 0.461 e. The van der Waals surface area contributed by atoms with Crippen molar-refractivity contribution in [3.05, 3.63) is 35.6 Å². The average Bonchev–Trinajstić information content (AvgIpc) is 3.56. The van der Waals surface area contributed by atoms with E-state index in [1.807, 2.05) is 0 Å². The van der Waals surface area contributed by atoms with E-state index in [0.717, 1.165) is 9.80 Å². The maximum Gasteiger partial charge on any atom is 0.437 e. The summed E-state index contributed by atoms with van der Waals surface area (Å²) in [6.07, 6.45) is -1.80. The molecule has 1 aromatic carbocycles. The number of benzene rings is 1. The number of unbranched alkanes of at least 4 members (excludes halogenated alkanes) is 4. The van der Waals surface area contributed by atoms with Gasteiger partial charge in [-0.1, -0.05) is 19.3 Å². The van der Waals surface area contributed by atoms with Gasteiger partial charge in [-0.25, -0.2) is 38.6 Å². The second kappa shape index (κ2) is 25.8. The number of aliphatic imine (C=N–C) groups is 2. The molecule has 2 aromatic rings. The summed E-state index contributed by atoms with van der Waals surface area (Å²) >= 11 is 0. The molecule has 72 heavy (non-hydrogen) atoms. The number of carbonyl (C=O) groups excluding carboxylic acids is 6. The van der Waals surface area contributed by atoms with Gasteiger partial charge in [-0.05, 0) is 168 Å². The number of amidine groups is 1. The van der Waals surface area contributed by atoms with Crippen LogP contribution in [0.4, 0.5) is 28.8 Å². The Bertz CT molecular complexity index is 2260. The molecule has 0 aliphatic heterocycles. The Morgan fingerprint density at radius 3 is 1.49 bits per heavy atom. The van der Waals surface area contributed by atoms with Crippen molar-refractivity contribution in [1.82, 2.24) is 25.8 Å². The number of furan rings is 1. The zero-order chi connectivity index (χ0) is 55.0. The first-order chi connectivity index (χ1) is 32.8. The van der Waals surface area contributed by atoms with Crippen LogP contribution in [0.2, 0.25) is 0 Å². The maximum atomic E-state index is 14.2. The molecule has 0 saturated heterocycles. The van der Waals surface area contributed by atoms with Crippen molar-refractivity contribution in [3.63, 3.8) is 0 Å². The molecule has 0 atom stereocenters. The van der Waals surface area contributed by atoms with E-state index >= 15 is 0 Å². The number of ether oxygens (including phenoxy) is 6. The van der Waals surface area contributed by atoms with E-state index in [0.29, 0.717) is 60.9 Å². The van der Waals surface area contributed by atoms with Crippen molar-refractivity contribution in [3.8, 4) is 0 Å². The van der Waals surface area contributed by atoms with Crippen LogP contribution < -0.4 is 16.0 Å². The van der Waals surface area contributed by atoms with Crippen LogP contribution in [-0.2, 0) is 34.8 Å². The first kappa shape index (κ1) is 61.7. The highest BCUT2D eigenvalue weighted by Crippen LogP contribution is 2.24. The molecule has 1 aromatic heterocycles. The Morgan fingerprint density at radius 2 is 0.986 bits per heavy atom. The van der Waals surface area contributed by atoms with E-state index in [2.05, 4.69) is 25.9 Å². The average molecular weight is 1020 g/mol. The molecule has 0 aliphatic carbocycles. The predicted octanol–water partition coefficient (Wildman–Crippen LogP) is 11.3. The number of hydrogen-bond acceptors (Lipinski definition) is 14. The lowest BCUT2D eigenvalue weighted by Crippen LogP contribution is -2.53. The summed E-state index contributed by atoms with van der Waals surface area (Å²) in [6, 6.07) is 6.80. The lowest BCUT2D eigenvalue weighted by molar-refractivity contribution is 0.0269. The van der Waals surface area contributed by atoms with Crippen molar-refractivity contribution < 1.29 is 61.6 Å². The van der Waals surface area contributed by atoms with E-state index in [9.17, 15) is 28.8 Å². The van der Waals surface area contributed by atoms with Crippen LogP contribution in [0.1, 0.15) is 174 Å². The van der Waals surface area contributed by atoms with Gasteiger partial charge in [0.1, 0.15) is 50.8 Å². The Kier molecular flexibility index (Phi) is 22.1. The molecule has 0 unspecified atom stereocenters. The topological polar surface area (TPSA) is 262 Å². The number of nitrogens with one attached hydrogen (secondary N) is 4. The number of alkyl carbamates (subject to hydrolysis) is 2. The molecule has 4 N–H and O–H groups in total. The highest BCUT2D eigenvalue weighted by atomic mass is 16.6. The van der Waals surface area contributed by atoms with Gasteiger partial charge in [-0.15, -0.1) is 9.98 Å². The monoisotopic (exact) mass is 1010 g/mol. The zero-order valence-corrected chi connectivity index (χ0v) is 46.0. The van der Waals surface area contributed by atoms with Crippen molar-refractivity contribution in [1.29, 1.82) is 5.41 Å². The van der Waals surface area contributed by atoms with Gasteiger partial charge in [0.25, 0.3) is 0 Å². The first-order valence-corrected chi connectivity index (χ1v) is 24.3. The highest BCUT2D eigenvalue weighted by molar-refractivity contribution is 6.06. The molecule has 6 amide bonds. The van der Waals surface area contributed by atoms with Crippen LogP contribution in [0.5, 0.6) is 0 Å². The number of nitrogens with zero attached hydrogens (tertiary/aromatic N) is 4. The van der Waals surface area contributed by atoms with Gasteiger partial charge < -0.3 is 38.2 Å². The molecule has 1 heterocycles. The molecule has 21 nitrogen and oxygen atoms in total. The summed E-state index contributed by atoms with van der Waals surface area (Å²) in [4.78, 5) is 89.7. The second-order valence-electron chi connectivity index (χ2n) is 23.0. The van der Waals surface area contributed by atoms with E-state index < -0.39 is 70.2 Å². The standard InChI is InChI=1S/C51H82N8O13/c1-46(2,3)67-40(60)54-37(52)33-26-27-36-34(31-33)32-35(66-36)25-24-30-59(45(65)72-51(16,17)18)39(57-43(63)70-49(10,11)12)58(44(64)71-50(13,14)15)29-23-21-19-20-22-28-53-38(55-41(61)68-47(4,5)6)56-42(62)69-48(7,8)9/h26-27,31-32H,19-25,28-30H2,1-18H3,(H2,52,54,60)(H2,53,55,56,61,62). The maximum absolute atomic E-state index is 14.2. The molecule has 0 bridgehead atoms. The van der Waals surface area contributed by atoms with Crippen LogP contribution in [0, 0.1) is 5.41 Å². The number of fused-ring (bicyclic) bond motifs is 1. The highest BCUT2D eigenvalue weighted by Gasteiger charge is 2.36. The van der Waals surface area contributed by atoms with E-state index in [-0.39, 0.29) is 43.7 Å². The summed E-state index contributed by atoms with van der Waals surface area (Å²) in [5.74, 6) is -0.0998. The Balaban J connectivity index is 2.39. The molecule has 0 saturated carbocycles. The van der Waals surface area contributed by atoms with Crippen molar-refractivity contribution in [2.75, 3.05) is 19.6 Å². The van der Waals surface area contributed by atoms with Gasteiger partial charge in [0, 0.05) is 37.0 Å². The molecule has 21 heteroatoms.